The number of nitrogens with zero attached hydrogens (tertiary/aromatic N) is 1. The van der Waals surface area contributed by atoms with Gasteiger partial charge in [-0.1, -0.05) is 29.8 Å². The standard InChI is InChI=1S/C17H17ClN2O/c18-14-5-3-4-13(12-14)17(9-10-17)20-16(21)8-7-15-6-1-2-11-19-15/h1-6,11-12H,7-10H2,(H,20,21). The first kappa shape index (κ1) is 14.1. The van der Waals surface area contributed by atoms with E-state index in [1.165, 1.54) is 0 Å². The van der Waals surface area contributed by atoms with Crippen molar-refractivity contribution in [2.45, 2.75) is 31.2 Å². The first-order chi connectivity index (χ1) is 10.2. The van der Waals surface area contributed by atoms with Crippen LogP contribution in [0.15, 0.2) is 48.7 Å². The molecule has 3 nitrogen and oxygen atoms in total. The van der Waals surface area contributed by atoms with E-state index >= 15 is 0 Å². The highest BCUT2D eigenvalue weighted by molar-refractivity contribution is 6.30. The lowest BCUT2D eigenvalue weighted by atomic mass is 10.0. The number of rotatable bonds is 5. The Kier molecular flexibility index (Phi) is 3.93. The summed E-state index contributed by atoms with van der Waals surface area (Å²) < 4.78 is 0. The maximum Gasteiger partial charge on any atom is 0.221 e. The first-order valence-electron chi connectivity index (χ1n) is 7.15. The van der Waals surface area contributed by atoms with Gasteiger partial charge in [0.15, 0.2) is 0 Å². The van der Waals surface area contributed by atoms with Crippen molar-refractivity contribution in [3.63, 3.8) is 0 Å². The molecule has 0 atom stereocenters. The van der Waals surface area contributed by atoms with E-state index in [1.54, 1.807) is 6.20 Å². The Labute approximate surface area is 129 Å². The van der Waals surface area contributed by atoms with Crippen molar-refractivity contribution in [2.75, 3.05) is 0 Å². The lowest BCUT2D eigenvalue weighted by molar-refractivity contribution is -0.122. The van der Waals surface area contributed by atoms with Gasteiger partial charge in [-0.15, -0.1) is 0 Å². The smallest absolute Gasteiger partial charge is 0.221 e. The number of carbonyl (C=O) groups excluding carboxylic acids is 1. The van der Waals surface area contributed by atoms with Crippen LogP contribution in [0.4, 0.5) is 0 Å². The molecule has 0 aliphatic heterocycles. The van der Waals surface area contributed by atoms with Gasteiger partial charge < -0.3 is 5.32 Å². The van der Waals surface area contributed by atoms with E-state index in [-0.39, 0.29) is 11.4 Å². The fourth-order valence-corrected chi connectivity index (χ4v) is 2.70. The molecule has 1 N–H and O–H groups in total. The van der Waals surface area contributed by atoms with Crippen molar-refractivity contribution in [1.29, 1.82) is 0 Å². The minimum Gasteiger partial charge on any atom is -0.347 e. The summed E-state index contributed by atoms with van der Waals surface area (Å²) in [4.78, 5) is 16.4. The zero-order chi connectivity index (χ0) is 14.7. The summed E-state index contributed by atoms with van der Waals surface area (Å²) in [5.41, 5.74) is 1.84. The molecule has 1 saturated carbocycles. The van der Waals surface area contributed by atoms with Gasteiger partial charge in [0.25, 0.3) is 0 Å². The maximum atomic E-state index is 12.2. The SMILES string of the molecule is O=C(CCc1ccccn1)NC1(c2cccc(Cl)c2)CC1. The van der Waals surface area contributed by atoms with Crippen LogP contribution >= 0.6 is 11.6 Å². The van der Waals surface area contributed by atoms with Crippen LogP contribution in [0.3, 0.4) is 0 Å². The van der Waals surface area contributed by atoms with Crippen molar-refractivity contribution < 1.29 is 4.79 Å². The third-order valence-corrected chi connectivity index (χ3v) is 4.08. The molecular weight excluding hydrogens is 284 g/mol. The van der Waals surface area contributed by atoms with Gasteiger partial charge >= 0.3 is 0 Å². The second-order valence-electron chi connectivity index (χ2n) is 5.46. The Morgan fingerprint density at radius 2 is 2.10 bits per heavy atom. The molecular formula is C17H17ClN2O. The first-order valence-corrected chi connectivity index (χ1v) is 7.53. The van der Waals surface area contributed by atoms with Gasteiger partial charge in [0.1, 0.15) is 0 Å². The summed E-state index contributed by atoms with van der Waals surface area (Å²) in [5, 5.41) is 3.87. The van der Waals surface area contributed by atoms with Crippen molar-refractivity contribution >= 4 is 17.5 Å². The zero-order valence-electron chi connectivity index (χ0n) is 11.7. The third-order valence-electron chi connectivity index (χ3n) is 3.84. The Morgan fingerprint density at radius 1 is 1.24 bits per heavy atom. The quantitative estimate of drug-likeness (QED) is 0.918. The molecule has 4 heteroatoms. The third kappa shape index (κ3) is 3.42. The second kappa shape index (κ2) is 5.86. The van der Waals surface area contributed by atoms with Crippen molar-refractivity contribution in [1.82, 2.24) is 10.3 Å². The van der Waals surface area contributed by atoms with Crippen molar-refractivity contribution in [3.8, 4) is 0 Å². The van der Waals surface area contributed by atoms with Crippen LogP contribution in [0.5, 0.6) is 0 Å². The molecule has 1 aromatic carbocycles. The van der Waals surface area contributed by atoms with Gasteiger partial charge in [-0.3, -0.25) is 9.78 Å². The van der Waals surface area contributed by atoms with Crippen molar-refractivity contribution in [2.24, 2.45) is 0 Å². The number of halogens is 1. The molecule has 1 aromatic heterocycles. The fraction of sp³-hybridized carbons (Fsp3) is 0.294. The highest BCUT2D eigenvalue weighted by atomic mass is 35.5. The summed E-state index contributed by atoms with van der Waals surface area (Å²) in [6.07, 6.45) is 4.82. The number of carbonyl (C=O) groups is 1. The minimum absolute atomic E-state index is 0.0677. The summed E-state index contributed by atoms with van der Waals surface area (Å²) in [5.74, 6) is 0.0677. The largest absolute Gasteiger partial charge is 0.347 e. The number of aryl methyl sites for hydroxylation is 1. The molecule has 108 valence electrons. The number of nitrogens with one attached hydrogen (secondary N) is 1. The van der Waals surface area contributed by atoms with Crippen LogP contribution < -0.4 is 5.32 Å². The van der Waals surface area contributed by atoms with Gasteiger partial charge in [0.2, 0.25) is 5.91 Å². The van der Waals surface area contributed by atoms with E-state index in [4.69, 9.17) is 11.6 Å². The Morgan fingerprint density at radius 3 is 2.76 bits per heavy atom. The Bertz CT molecular complexity index is 638. The predicted molar refractivity (Wildman–Crippen MR) is 83.1 cm³/mol. The molecule has 1 heterocycles. The van der Waals surface area contributed by atoms with Gasteiger partial charge in [0, 0.05) is 23.3 Å². The molecule has 0 unspecified atom stereocenters. The molecule has 2 aromatic rings. The number of benzene rings is 1. The molecule has 3 rings (SSSR count). The monoisotopic (exact) mass is 300 g/mol. The van der Waals surface area contributed by atoms with E-state index < -0.39 is 0 Å². The summed E-state index contributed by atoms with van der Waals surface area (Å²) in [7, 11) is 0. The lowest BCUT2D eigenvalue weighted by Gasteiger charge is -2.18. The maximum absolute atomic E-state index is 12.2. The lowest BCUT2D eigenvalue weighted by Crippen LogP contribution is -2.35. The van der Waals surface area contributed by atoms with Gasteiger partial charge in [-0.05, 0) is 49.1 Å². The number of aromatic nitrogens is 1. The topological polar surface area (TPSA) is 42.0 Å². The van der Waals surface area contributed by atoms with E-state index in [0.717, 1.165) is 24.1 Å². The summed E-state index contributed by atoms with van der Waals surface area (Å²) in [6, 6.07) is 13.5. The van der Waals surface area contributed by atoms with Gasteiger partial charge in [-0.2, -0.15) is 0 Å². The number of pyridine rings is 1. The van der Waals surface area contributed by atoms with Gasteiger partial charge in [0.05, 0.1) is 5.54 Å². The van der Waals surface area contributed by atoms with E-state index in [0.29, 0.717) is 17.9 Å². The average Bonchev–Trinajstić information content (AvgIpc) is 3.27. The molecule has 21 heavy (non-hydrogen) atoms. The molecule has 1 aliphatic carbocycles. The molecule has 1 fully saturated rings. The van der Waals surface area contributed by atoms with Crippen LogP contribution in [0.25, 0.3) is 0 Å². The van der Waals surface area contributed by atoms with Gasteiger partial charge in [-0.25, -0.2) is 0 Å². The molecule has 1 amide bonds. The Hall–Kier alpha value is -1.87. The van der Waals surface area contributed by atoms with Crippen LogP contribution in [-0.2, 0) is 16.8 Å². The highest BCUT2D eigenvalue weighted by Crippen LogP contribution is 2.46. The highest BCUT2D eigenvalue weighted by Gasteiger charge is 2.45. The Balaban J connectivity index is 1.60. The number of hydrogen-bond acceptors (Lipinski definition) is 2. The zero-order valence-corrected chi connectivity index (χ0v) is 12.4. The molecule has 1 aliphatic rings. The van der Waals surface area contributed by atoms with Crippen LogP contribution in [-0.4, -0.2) is 10.9 Å². The van der Waals surface area contributed by atoms with Crippen LogP contribution in [0.1, 0.15) is 30.5 Å². The summed E-state index contributed by atoms with van der Waals surface area (Å²) in [6.45, 7) is 0. The average molecular weight is 301 g/mol. The van der Waals surface area contributed by atoms with Crippen molar-refractivity contribution in [3.05, 3.63) is 64.9 Å². The van der Waals surface area contributed by atoms with Crippen LogP contribution in [0.2, 0.25) is 5.02 Å². The molecule has 0 radical (unpaired) electrons. The molecule has 0 spiro atoms. The van der Waals surface area contributed by atoms with Crippen LogP contribution in [0, 0.1) is 0 Å². The summed E-state index contributed by atoms with van der Waals surface area (Å²) >= 11 is 6.04. The predicted octanol–water partition coefficient (Wildman–Crippen LogP) is 3.47. The van der Waals surface area contributed by atoms with E-state index in [1.807, 2.05) is 42.5 Å². The number of hydrogen-bond donors (Lipinski definition) is 1. The van der Waals surface area contributed by atoms with E-state index in [9.17, 15) is 4.79 Å². The molecule has 0 saturated heterocycles. The fourth-order valence-electron chi connectivity index (χ4n) is 2.51. The minimum atomic E-state index is -0.202. The normalized spacial score (nSPS) is 15.5. The molecule has 0 bridgehead atoms. The van der Waals surface area contributed by atoms with E-state index in [2.05, 4.69) is 10.3 Å². The number of amides is 1. The second-order valence-corrected chi connectivity index (χ2v) is 5.90.